The molecule has 1 atom stereocenters. The van der Waals surface area contributed by atoms with Crippen LogP contribution < -0.4 is 10.2 Å². The van der Waals surface area contributed by atoms with Gasteiger partial charge in [0.05, 0.1) is 10.6 Å². The monoisotopic (exact) mass is 542 g/mol. The van der Waals surface area contributed by atoms with Gasteiger partial charge in [-0.2, -0.15) is 0 Å². The molecule has 0 aromatic heterocycles. The number of hydrogen-bond acceptors (Lipinski definition) is 4. The van der Waals surface area contributed by atoms with Crippen LogP contribution in [0.5, 0.6) is 0 Å². The maximum Gasteiger partial charge on any atom is 0.225 e. The Morgan fingerprint density at radius 3 is 2.45 bits per heavy atom. The lowest BCUT2D eigenvalue weighted by Gasteiger charge is -2.21. The van der Waals surface area contributed by atoms with E-state index in [-0.39, 0.29) is 34.9 Å². The van der Waals surface area contributed by atoms with Gasteiger partial charge >= 0.3 is 0 Å². The number of carbonyl (C=O) groups excluding carboxylic acids is 2. The first-order valence-electron chi connectivity index (χ1n) is 8.99. The highest BCUT2D eigenvalue weighted by Gasteiger charge is 2.32. The summed E-state index contributed by atoms with van der Waals surface area (Å²) in [6.07, 6.45) is 0.498. The van der Waals surface area contributed by atoms with Gasteiger partial charge in [-0.3, -0.25) is 9.59 Å². The summed E-state index contributed by atoms with van der Waals surface area (Å²) in [5.74, 6) is -0.842. The van der Waals surface area contributed by atoms with Crippen LogP contribution in [0.3, 0.4) is 0 Å². The van der Waals surface area contributed by atoms with Gasteiger partial charge in [0, 0.05) is 39.7 Å². The molecular weight excluding hydrogens is 524 g/mol. The van der Waals surface area contributed by atoms with Crippen molar-refractivity contribution in [1.29, 1.82) is 0 Å². The molecule has 6 nitrogen and oxygen atoms in total. The van der Waals surface area contributed by atoms with Gasteiger partial charge in [-0.15, -0.1) is 0 Å². The van der Waals surface area contributed by atoms with E-state index in [2.05, 4.69) is 37.2 Å². The Bertz CT molecular complexity index is 1070. The van der Waals surface area contributed by atoms with Crippen LogP contribution >= 0.6 is 31.9 Å². The quantitative estimate of drug-likeness (QED) is 0.609. The second kappa shape index (κ2) is 8.57. The van der Waals surface area contributed by atoms with E-state index in [1.807, 2.05) is 6.92 Å². The Morgan fingerprint density at radius 2 is 1.83 bits per heavy atom. The zero-order valence-electron chi connectivity index (χ0n) is 15.9. The van der Waals surface area contributed by atoms with Crippen LogP contribution in [-0.2, 0) is 25.8 Å². The van der Waals surface area contributed by atoms with Crippen LogP contribution in [0.1, 0.15) is 25.8 Å². The average Bonchev–Trinajstić information content (AvgIpc) is 2.96. The molecule has 3 rings (SSSR count). The fraction of sp³-hybridized carbons (Fsp3) is 0.300. The van der Waals surface area contributed by atoms with E-state index in [4.69, 9.17) is 0 Å². The average molecular weight is 544 g/mol. The SMILES string of the molecule is CC(=O)N1c2cc(S(=O)(=O)CCC(=O)Nc3ccc(Br)cc3)c(Br)cc2CC1C. The zero-order chi connectivity index (χ0) is 21.3. The molecule has 1 heterocycles. The fourth-order valence-corrected chi connectivity index (χ4v) is 6.15. The summed E-state index contributed by atoms with van der Waals surface area (Å²) < 4.78 is 27.1. The molecule has 9 heteroatoms. The second-order valence-corrected chi connectivity index (χ2v) is 10.8. The lowest BCUT2D eigenvalue weighted by atomic mass is 10.1. The van der Waals surface area contributed by atoms with E-state index in [0.717, 1.165) is 10.0 Å². The first-order valence-corrected chi connectivity index (χ1v) is 12.2. The van der Waals surface area contributed by atoms with Crippen LogP contribution in [0.15, 0.2) is 50.2 Å². The number of carbonyl (C=O) groups is 2. The molecule has 0 fully saturated rings. The third kappa shape index (κ3) is 4.90. The van der Waals surface area contributed by atoms with Crippen LogP contribution in [0, 0.1) is 0 Å². The van der Waals surface area contributed by atoms with Gasteiger partial charge in [0.2, 0.25) is 11.8 Å². The number of sulfone groups is 1. The van der Waals surface area contributed by atoms with E-state index in [1.54, 1.807) is 35.2 Å². The van der Waals surface area contributed by atoms with Crippen molar-refractivity contribution in [2.45, 2.75) is 37.6 Å². The van der Waals surface area contributed by atoms with E-state index < -0.39 is 9.84 Å². The highest BCUT2D eigenvalue weighted by atomic mass is 79.9. The van der Waals surface area contributed by atoms with Crippen molar-refractivity contribution in [1.82, 2.24) is 0 Å². The Hall–Kier alpha value is -1.71. The summed E-state index contributed by atoms with van der Waals surface area (Å²) in [6, 6.07) is 10.3. The summed E-state index contributed by atoms with van der Waals surface area (Å²) >= 11 is 6.66. The molecule has 2 aromatic rings. The van der Waals surface area contributed by atoms with E-state index in [1.165, 1.54) is 13.0 Å². The van der Waals surface area contributed by atoms with Gasteiger partial charge < -0.3 is 10.2 Å². The molecule has 0 bridgehead atoms. The normalized spacial score (nSPS) is 15.9. The standard InChI is InChI=1S/C20H20Br2N2O4S/c1-12-9-14-10-17(22)19(11-18(14)24(12)13(2)25)29(27,28)8-7-20(26)23-16-5-3-15(21)4-6-16/h3-6,10-12H,7-9H2,1-2H3,(H,23,26). The molecule has 0 aliphatic carbocycles. The van der Waals surface area contributed by atoms with Crippen LogP contribution in [0.25, 0.3) is 0 Å². The van der Waals surface area contributed by atoms with Gasteiger partial charge in [0.25, 0.3) is 0 Å². The topological polar surface area (TPSA) is 83.6 Å². The third-order valence-electron chi connectivity index (χ3n) is 4.75. The minimum Gasteiger partial charge on any atom is -0.326 e. The summed E-state index contributed by atoms with van der Waals surface area (Å²) in [5.41, 5.74) is 2.14. The molecule has 1 aliphatic rings. The zero-order valence-corrected chi connectivity index (χ0v) is 19.9. The first-order chi connectivity index (χ1) is 13.6. The molecule has 0 radical (unpaired) electrons. The van der Waals surface area contributed by atoms with E-state index >= 15 is 0 Å². The van der Waals surface area contributed by atoms with Gasteiger partial charge in [0.15, 0.2) is 9.84 Å². The lowest BCUT2D eigenvalue weighted by Crippen LogP contribution is -2.33. The first kappa shape index (κ1) is 22.0. The Labute approximate surface area is 186 Å². The molecule has 0 saturated heterocycles. The molecule has 1 N–H and O–H groups in total. The molecule has 0 saturated carbocycles. The number of fused-ring (bicyclic) bond motifs is 1. The number of benzene rings is 2. The Kier molecular flexibility index (Phi) is 6.50. The second-order valence-electron chi connectivity index (χ2n) is 6.98. The smallest absolute Gasteiger partial charge is 0.225 e. The number of halogens is 2. The molecule has 1 unspecified atom stereocenters. The molecule has 2 aromatic carbocycles. The third-order valence-corrected chi connectivity index (χ3v) is 7.95. The highest BCUT2D eigenvalue weighted by molar-refractivity contribution is 9.10. The molecular formula is C20H20Br2N2O4S. The Morgan fingerprint density at radius 1 is 1.17 bits per heavy atom. The molecule has 2 amide bonds. The number of amides is 2. The number of anilines is 2. The van der Waals surface area contributed by atoms with Crippen molar-refractivity contribution >= 4 is 64.9 Å². The predicted octanol–water partition coefficient (Wildman–Crippen LogP) is 4.31. The summed E-state index contributed by atoms with van der Waals surface area (Å²) in [5, 5.41) is 2.69. The number of nitrogens with one attached hydrogen (secondary N) is 1. The lowest BCUT2D eigenvalue weighted by molar-refractivity contribution is -0.117. The van der Waals surface area contributed by atoms with Crippen molar-refractivity contribution in [3.05, 3.63) is 50.9 Å². The molecule has 0 spiro atoms. The van der Waals surface area contributed by atoms with Crippen molar-refractivity contribution in [2.75, 3.05) is 16.0 Å². The van der Waals surface area contributed by atoms with E-state index in [0.29, 0.717) is 22.3 Å². The maximum atomic E-state index is 12.9. The minimum absolute atomic E-state index is 0.0240. The predicted molar refractivity (Wildman–Crippen MR) is 120 cm³/mol. The number of hydrogen-bond donors (Lipinski definition) is 1. The highest BCUT2D eigenvalue weighted by Crippen LogP contribution is 2.38. The summed E-state index contributed by atoms with van der Waals surface area (Å²) in [6.45, 7) is 3.39. The van der Waals surface area contributed by atoms with E-state index in [9.17, 15) is 18.0 Å². The minimum atomic E-state index is -3.73. The maximum absolute atomic E-state index is 12.9. The van der Waals surface area contributed by atoms with Crippen LogP contribution in [0.4, 0.5) is 11.4 Å². The Balaban J connectivity index is 1.77. The van der Waals surface area contributed by atoms with Crippen molar-refractivity contribution < 1.29 is 18.0 Å². The summed E-state index contributed by atoms with van der Waals surface area (Å²) in [7, 11) is -3.73. The molecule has 1 aliphatic heterocycles. The summed E-state index contributed by atoms with van der Waals surface area (Å²) in [4.78, 5) is 25.9. The molecule has 154 valence electrons. The van der Waals surface area contributed by atoms with Crippen molar-refractivity contribution in [3.8, 4) is 0 Å². The fourth-order valence-electron chi connectivity index (χ4n) is 3.43. The van der Waals surface area contributed by atoms with Gasteiger partial charge in [-0.25, -0.2) is 8.42 Å². The van der Waals surface area contributed by atoms with Crippen LogP contribution in [0.2, 0.25) is 0 Å². The van der Waals surface area contributed by atoms with Crippen LogP contribution in [-0.4, -0.2) is 32.0 Å². The largest absolute Gasteiger partial charge is 0.326 e. The number of rotatable bonds is 5. The van der Waals surface area contributed by atoms with Crippen molar-refractivity contribution in [2.24, 2.45) is 0 Å². The van der Waals surface area contributed by atoms with Gasteiger partial charge in [-0.05, 0) is 71.2 Å². The molecule has 29 heavy (non-hydrogen) atoms. The van der Waals surface area contributed by atoms with Gasteiger partial charge in [-0.1, -0.05) is 15.9 Å². The number of nitrogens with zero attached hydrogens (tertiary/aromatic N) is 1. The van der Waals surface area contributed by atoms with Gasteiger partial charge in [0.1, 0.15) is 0 Å². The van der Waals surface area contributed by atoms with Crippen molar-refractivity contribution in [3.63, 3.8) is 0 Å².